The third kappa shape index (κ3) is 3.21. The Balaban J connectivity index is 2.69. The first-order valence-electron chi connectivity index (χ1n) is 4.22. The van der Waals surface area contributed by atoms with Crippen LogP contribution in [0.2, 0.25) is 5.02 Å². The van der Waals surface area contributed by atoms with Crippen LogP contribution >= 0.6 is 27.5 Å². The summed E-state index contributed by atoms with van der Waals surface area (Å²) in [5, 5.41) is 12.3. The molecule has 0 saturated heterocycles. The zero-order valence-electron chi connectivity index (χ0n) is 7.72. The molecular weight excluding hydrogens is 263 g/mol. The number of nitriles is 1. The molecule has 0 radical (unpaired) electrons. The fourth-order valence-corrected chi connectivity index (χ4v) is 1.49. The van der Waals surface area contributed by atoms with E-state index < -0.39 is 0 Å². The summed E-state index contributed by atoms with van der Waals surface area (Å²) in [7, 11) is 0. The molecule has 0 fully saturated rings. The summed E-state index contributed by atoms with van der Waals surface area (Å²) >= 11 is 9.24. The van der Waals surface area contributed by atoms with Crippen molar-refractivity contribution in [1.82, 2.24) is 0 Å². The molecule has 1 aromatic rings. The standard InChI is InChI=1S/C10H10BrClN2/c1-7(4-5-13)14-8-2-3-9(11)10(12)6-8/h2-3,6-7,14H,4H2,1H3. The lowest BCUT2D eigenvalue weighted by Gasteiger charge is -2.12. The van der Waals surface area contributed by atoms with Gasteiger partial charge in [-0.1, -0.05) is 11.6 Å². The van der Waals surface area contributed by atoms with Crippen LogP contribution in [0.4, 0.5) is 5.69 Å². The molecule has 0 spiro atoms. The summed E-state index contributed by atoms with van der Waals surface area (Å²) in [5.74, 6) is 0. The molecule has 1 unspecified atom stereocenters. The van der Waals surface area contributed by atoms with Crippen LogP contribution in [0.15, 0.2) is 22.7 Å². The first-order valence-corrected chi connectivity index (χ1v) is 5.39. The Labute approximate surface area is 97.0 Å². The minimum Gasteiger partial charge on any atom is -0.382 e. The minimum absolute atomic E-state index is 0.136. The van der Waals surface area contributed by atoms with E-state index in [4.69, 9.17) is 16.9 Å². The minimum atomic E-state index is 0.136. The summed E-state index contributed by atoms with van der Waals surface area (Å²) in [6, 6.07) is 7.88. The van der Waals surface area contributed by atoms with Crippen LogP contribution in [0.3, 0.4) is 0 Å². The number of halogens is 2. The third-order valence-electron chi connectivity index (χ3n) is 1.73. The average molecular weight is 274 g/mol. The lowest BCUT2D eigenvalue weighted by atomic mass is 10.2. The van der Waals surface area contributed by atoms with Gasteiger partial charge >= 0.3 is 0 Å². The number of anilines is 1. The Kier molecular flexibility index (Phi) is 4.24. The monoisotopic (exact) mass is 272 g/mol. The van der Waals surface area contributed by atoms with Crippen LogP contribution in [0.1, 0.15) is 13.3 Å². The first kappa shape index (κ1) is 11.4. The maximum absolute atomic E-state index is 8.49. The van der Waals surface area contributed by atoms with Crippen molar-refractivity contribution in [2.45, 2.75) is 19.4 Å². The second kappa shape index (κ2) is 5.23. The summed E-state index contributed by atoms with van der Waals surface area (Å²) in [6.07, 6.45) is 0.480. The van der Waals surface area contributed by atoms with Crippen molar-refractivity contribution in [3.8, 4) is 6.07 Å². The molecule has 0 heterocycles. The fourth-order valence-electron chi connectivity index (χ4n) is 1.06. The lowest BCUT2D eigenvalue weighted by Crippen LogP contribution is -2.13. The van der Waals surface area contributed by atoms with E-state index in [2.05, 4.69) is 27.3 Å². The van der Waals surface area contributed by atoms with Gasteiger partial charge in [0.15, 0.2) is 0 Å². The zero-order valence-corrected chi connectivity index (χ0v) is 10.1. The van der Waals surface area contributed by atoms with E-state index in [1.165, 1.54) is 0 Å². The molecule has 0 bridgehead atoms. The first-order chi connectivity index (χ1) is 6.63. The topological polar surface area (TPSA) is 35.8 Å². The maximum atomic E-state index is 8.49. The van der Waals surface area contributed by atoms with Crippen molar-refractivity contribution in [3.05, 3.63) is 27.7 Å². The molecule has 0 aliphatic heterocycles. The molecule has 1 aromatic carbocycles. The Bertz CT molecular complexity index is 360. The van der Waals surface area contributed by atoms with Crippen molar-refractivity contribution < 1.29 is 0 Å². The van der Waals surface area contributed by atoms with Crippen molar-refractivity contribution >= 4 is 33.2 Å². The molecule has 0 amide bonds. The van der Waals surface area contributed by atoms with Crippen LogP contribution in [-0.2, 0) is 0 Å². The highest BCUT2D eigenvalue weighted by Gasteiger charge is 2.02. The van der Waals surface area contributed by atoms with E-state index in [1.54, 1.807) is 0 Å². The highest BCUT2D eigenvalue weighted by Crippen LogP contribution is 2.25. The molecule has 2 nitrogen and oxygen atoms in total. The van der Waals surface area contributed by atoms with Gasteiger partial charge in [-0.15, -0.1) is 0 Å². The van der Waals surface area contributed by atoms with Gasteiger partial charge < -0.3 is 5.32 Å². The molecule has 0 aliphatic carbocycles. The van der Waals surface area contributed by atoms with Gasteiger partial charge in [0.05, 0.1) is 17.5 Å². The molecule has 1 atom stereocenters. The van der Waals surface area contributed by atoms with Crippen molar-refractivity contribution in [2.24, 2.45) is 0 Å². The van der Waals surface area contributed by atoms with Gasteiger partial charge in [-0.05, 0) is 41.1 Å². The summed E-state index contributed by atoms with van der Waals surface area (Å²) in [4.78, 5) is 0. The highest BCUT2D eigenvalue weighted by atomic mass is 79.9. The molecule has 4 heteroatoms. The zero-order chi connectivity index (χ0) is 10.6. The molecule has 14 heavy (non-hydrogen) atoms. The molecule has 0 aliphatic rings. The number of nitrogens with zero attached hydrogens (tertiary/aromatic N) is 1. The van der Waals surface area contributed by atoms with Gasteiger partial charge in [0.1, 0.15) is 0 Å². The van der Waals surface area contributed by atoms with Gasteiger partial charge in [-0.25, -0.2) is 0 Å². The van der Waals surface area contributed by atoms with Crippen LogP contribution in [0.25, 0.3) is 0 Å². The van der Waals surface area contributed by atoms with Crippen molar-refractivity contribution in [2.75, 3.05) is 5.32 Å². The van der Waals surface area contributed by atoms with E-state index in [-0.39, 0.29) is 6.04 Å². The number of hydrogen-bond donors (Lipinski definition) is 1. The van der Waals surface area contributed by atoms with Crippen molar-refractivity contribution in [1.29, 1.82) is 5.26 Å². The average Bonchev–Trinajstić information content (AvgIpc) is 2.12. The summed E-state index contributed by atoms with van der Waals surface area (Å²) in [5.41, 5.74) is 0.931. The third-order valence-corrected chi connectivity index (χ3v) is 2.96. The highest BCUT2D eigenvalue weighted by molar-refractivity contribution is 9.10. The van der Waals surface area contributed by atoms with Crippen molar-refractivity contribution in [3.63, 3.8) is 0 Å². The van der Waals surface area contributed by atoms with Gasteiger partial charge in [0.2, 0.25) is 0 Å². The Hall–Kier alpha value is -0.720. The van der Waals surface area contributed by atoms with Crippen LogP contribution in [-0.4, -0.2) is 6.04 Å². The van der Waals surface area contributed by atoms with E-state index >= 15 is 0 Å². The maximum Gasteiger partial charge on any atom is 0.0643 e. The largest absolute Gasteiger partial charge is 0.382 e. The van der Waals surface area contributed by atoms with Crippen LogP contribution in [0, 0.1) is 11.3 Å². The Morgan fingerprint density at radius 3 is 2.93 bits per heavy atom. The normalized spacial score (nSPS) is 11.9. The summed E-state index contributed by atoms with van der Waals surface area (Å²) < 4.78 is 0.873. The predicted molar refractivity (Wildman–Crippen MR) is 62.5 cm³/mol. The van der Waals surface area contributed by atoms with Gasteiger partial charge in [-0.3, -0.25) is 0 Å². The number of nitrogens with one attached hydrogen (secondary N) is 1. The molecule has 1 rings (SSSR count). The Morgan fingerprint density at radius 1 is 1.64 bits per heavy atom. The second-order valence-corrected chi connectivity index (χ2v) is 4.30. The Morgan fingerprint density at radius 2 is 2.36 bits per heavy atom. The van der Waals surface area contributed by atoms with Gasteiger partial charge in [0, 0.05) is 16.2 Å². The molecule has 1 N–H and O–H groups in total. The number of hydrogen-bond acceptors (Lipinski definition) is 2. The quantitative estimate of drug-likeness (QED) is 0.909. The smallest absolute Gasteiger partial charge is 0.0643 e. The lowest BCUT2D eigenvalue weighted by molar-refractivity contribution is 0.821. The predicted octanol–water partition coefficient (Wildman–Crippen LogP) is 3.82. The van der Waals surface area contributed by atoms with Gasteiger partial charge in [0.25, 0.3) is 0 Å². The van der Waals surface area contributed by atoms with E-state index in [0.29, 0.717) is 11.4 Å². The number of benzene rings is 1. The fraction of sp³-hybridized carbons (Fsp3) is 0.300. The van der Waals surface area contributed by atoms with Crippen LogP contribution in [0.5, 0.6) is 0 Å². The SMILES string of the molecule is CC(CC#N)Nc1ccc(Br)c(Cl)c1. The van der Waals surface area contributed by atoms with Gasteiger partial charge in [-0.2, -0.15) is 5.26 Å². The molecule has 74 valence electrons. The second-order valence-electron chi connectivity index (χ2n) is 3.04. The van der Waals surface area contributed by atoms with E-state index in [9.17, 15) is 0 Å². The van der Waals surface area contributed by atoms with E-state index in [1.807, 2.05) is 25.1 Å². The summed E-state index contributed by atoms with van der Waals surface area (Å²) in [6.45, 7) is 1.96. The molecular formula is C10H10BrClN2. The molecule has 0 saturated carbocycles. The van der Waals surface area contributed by atoms with E-state index in [0.717, 1.165) is 10.2 Å². The number of rotatable bonds is 3. The molecule has 0 aromatic heterocycles. The van der Waals surface area contributed by atoms with Crippen LogP contribution < -0.4 is 5.32 Å².